The van der Waals surface area contributed by atoms with Gasteiger partial charge in [-0.15, -0.1) is 0 Å². The van der Waals surface area contributed by atoms with Crippen molar-refractivity contribution < 1.29 is 4.74 Å². The van der Waals surface area contributed by atoms with Gasteiger partial charge in [-0.05, 0) is 25.0 Å². The molecule has 0 atom stereocenters. The maximum Gasteiger partial charge on any atom is 0.226 e. The fourth-order valence-corrected chi connectivity index (χ4v) is 2.14. The lowest BCUT2D eigenvalue weighted by atomic mass is 10.2. The van der Waals surface area contributed by atoms with E-state index in [9.17, 15) is 0 Å². The second kappa shape index (κ2) is 7.24. The molecule has 0 aliphatic carbocycles. The van der Waals surface area contributed by atoms with Crippen molar-refractivity contribution in [1.29, 1.82) is 0 Å². The number of halogens is 1. The number of nitrogens with zero attached hydrogens (tertiary/aromatic N) is 2. The number of ether oxygens (including phenoxy) is 1. The van der Waals surface area contributed by atoms with E-state index >= 15 is 0 Å². The van der Waals surface area contributed by atoms with Crippen molar-refractivity contribution in [2.45, 2.75) is 26.8 Å². The Bertz CT molecular complexity index is 575. The summed E-state index contributed by atoms with van der Waals surface area (Å²) in [5.41, 5.74) is 2.05. The molecule has 0 saturated carbocycles. The van der Waals surface area contributed by atoms with Gasteiger partial charge < -0.3 is 10.1 Å². The maximum atomic E-state index is 5.55. The van der Waals surface area contributed by atoms with Crippen molar-refractivity contribution in [2.24, 2.45) is 0 Å². The molecule has 106 valence electrons. The fourth-order valence-electron chi connectivity index (χ4n) is 1.72. The highest BCUT2D eigenvalue weighted by atomic mass is 79.9. The summed E-state index contributed by atoms with van der Waals surface area (Å²) in [7, 11) is 0. The van der Waals surface area contributed by atoms with Gasteiger partial charge in [-0.25, -0.2) is 4.98 Å². The maximum absolute atomic E-state index is 5.55. The third kappa shape index (κ3) is 4.20. The molecule has 20 heavy (non-hydrogen) atoms. The predicted molar refractivity (Wildman–Crippen MR) is 84.0 cm³/mol. The topological polar surface area (TPSA) is 47.0 Å². The SMILES string of the molecule is CCCOc1cc(C)nc(NCc2ccccc2Br)n1. The second-order valence-corrected chi connectivity index (χ2v) is 5.32. The fraction of sp³-hybridized carbons (Fsp3) is 0.333. The smallest absolute Gasteiger partial charge is 0.226 e. The molecule has 1 heterocycles. The summed E-state index contributed by atoms with van der Waals surface area (Å²) in [6, 6.07) is 9.92. The normalized spacial score (nSPS) is 10.3. The Morgan fingerprint density at radius 2 is 2.05 bits per heavy atom. The van der Waals surface area contributed by atoms with Gasteiger partial charge >= 0.3 is 0 Å². The van der Waals surface area contributed by atoms with E-state index in [1.807, 2.05) is 31.2 Å². The van der Waals surface area contributed by atoms with E-state index in [-0.39, 0.29) is 0 Å². The summed E-state index contributed by atoms with van der Waals surface area (Å²) in [5.74, 6) is 1.21. The minimum atomic E-state index is 0.590. The Morgan fingerprint density at radius 3 is 2.80 bits per heavy atom. The number of benzene rings is 1. The third-order valence-corrected chi connectivity index (χ3v) is 3.45. The van der Waals surface area contributed by atoms with E-state index in [4.69, 9.17) is 4.74 Å². The van der Waals surface area contributed by atoms with Crippen LogP contribution in [0.25, 0.3) is 0 Å². The van der Waals surface area contributed by atoms with Crippen LogP contribution in [-0.2, 0) is 6.54 Å². The first kappa shape index (κ1) is 14.8. The molecule has 0 unspecified atom stereocenters. The number of rotatable bonds is 6. The molecule has 0 fully saturated rings. The Balaban J connectivity index is 2.05. The van der Waals surface area contributed by atoms with Crippen LogP contribution < -0.4 is 10.1 Å². The van der Waals surface area contributed by atoms with Crippen molar-refractivity contribution >= 4 is 21.9 Å². The second-order valence-electron chi connectivity index (χ2n) is 4.46. The molecule has 0 radical (unpaired) electrons. The van der Waals surface area contributed by atoms with Crippen LogP contribution in [0, 0.1) is 6.92 Å². The molecule has 0 amide bonds. The summed E-state index contributed by atoms with van der Waals surface area (Å²) < 4.78 is 6.62. The number of aryl methyl sites for hydroxylation is 1. The monoisotopic (exact) mass is 335 g/mol. The molecule has 0 spiro atoms. The predicted octanol–water partition coefficient (Wildman–Crippen LogP) is 3.95. The van der Waals surface area contributed by atoms with Crippen LogP contribution in [0.1, 0.15) is 24.6 Å². The van der Waals surface area contributed by atoms with Crippen LogP contribution in [0.5, 0.6) is 5.88 Å². The zero-order valence-corrected chi connectivity index (χ0v) is 13.3. The van der Waals surface area contributed by atoms with Crippen LogP contribution in [0.4, 0.5) is 5.95 Å². The minimum absolute atomic E-state index is 0.590. The van der Waals surface area contributed by atoms with Gasteiger partial charge in [0.1, 0.15) is 0 Å². The molecular formula is C15H18BrN3O. The number of nitrogens with one attached hydrogen (secondary N) is 1. The van der Waals surface area contributed by atoms with Gasteiger partial charge in [-0.1, -0.05) is 41.1 Å². The molecule has 0 bridgehead atoms. The summed E-state index contributed by atoms with van der Waals surface area (Å²) in [4.78, 5) is 8.73. The van der Waals surface area contributed by atoms with E-state index in [0.29, 0.717) is 25.0 Å². The third-order valence-electron chi connectivity index (χ3n) is 2.68. The van der Waals surface area contributed by atoms with E-state index in [1.165, 1.54) is 0 Å². The molecule has 4 nitrogen and oxygen atoms in total. The minimum Gasteiger partial charge on any atom is -0.478 e. The van der Waals surface area contributed by atoms with Crippen LogP contribution in [0.2, 0.25) is 0 Å². The van der Waals surface area contributed by atoms with Gasteiger partial charge in [0.25, 0.3) is 0 Å². The average molecular weight is 336 g/mol. The van der Waals surface area contributed by atoms with Crippen molar-refractivity contribution in [3.63, 3.8) is 0 Å². The lowest BCUT2D eigenvalue weighted by Gasteiger charge is -2.09. The summed E-state index contributed by atoms with van der Waals surface area (Å²) in [6.07, 6.45) is 0.961. The molecule has 0 aliphatic heterocycles. The van der Waals surface area contributed by atoms with Gasteiger partial charge in [-0.2, -0.15) is 4.98 Å². The molecule has 0 saturated heterocycles. The summed E-state index contributed by atoms with van der Waals surface area (Å²) in [6.45, 7) is 5.34. The molecule has 2 aromatic rings. The number of aromatic nitrogens is 2. The first-order valence-corrected chi connectivity index (χ1v) is 7.44. The number of hydrogen-bond donors (Lipinski definition) is 1. The van der Waals surface area contributed by atoms with E-state index in [2.05, 4.69) is 44.2 Å². The zero-order chi connectivity index (χ0) is 14.4. The quantitative estimate of drug-likeness (QED) is 0.868. The van der Waals surface area contributed by atoms with Crippen molar-refractivity contribution in [2.75, 3.05) is 11.9 Å². The number of anilines is 1. The zero-order valence-electron chi connectivity index (χ0n) is 11.7. The van der Waals surface area contributed by atoms with Crippen LogP contribution >= 0.6 is 15.9 Å². The van der Waals surface area contributed by atoms with Crippen molar-refractivity contribution in [1.82, 2.24) is 9.97 Å². The molecule has 0 aliphatic rings. The Labute approximate surface area is 127 Å². The van der Waals surface area contributed by atoms with Gasteiger partial charge in [-0.3, -0.25) is 0 Å². The Kier molecular flexibility index (Phi) is 5.35. The molecular weight excluding hydrogens is 318 g/mol. The standard InChI is InChI=1S/C15H18BrN3O/c1-3-8-20-14-9-11(2)18-15(19-14)17-10-12-6-4-5-7-13(12)16/h4-7,9H,3,8,10H2,1-2H3,(H,17,18,19). The summed E-state index contributed by atoms with van der Waals surface area (Å²) >= 11 is 3.53. The lowest BCUT2D eigenvalue weighted by molar-refractivity contribution is 0.305. The molecule has 2 rings (SSSR count). The van der Waals surface area contributed by atoms with Crippen molar-refractivity contribution in [3.8, 4) is 5.88 Å². The highest BCUT2D eigenvalue weighted by molar-refractivity contribution is 9.10. The van der Waals surface area contributed by atoms with Gasteiger partial charge in [0.2, 0.25) is 11.8 Å². The van der Waals surface area contributed by atoms with Crippen LogP contribution in [0.15, 0.2) is 34.8 Å². The van der Waals surface area contributed by atoms with E-state index in [1.54, 1.807) is 0 Å². The van der Waals surface area contributed by atoms with Crippen molar-refractivity contribution in [3.05, 3.63) is 46.1 Å². The van der Waals surface area contributed by atoms with Gasteiger partial charge in [0, 0.05) is 22.8 Å². The first-order valence-electron chi connectivity index (χ1n) is 6.65. The lowest BCUT2D eigenvalue weighted by Crippen LogP contribution is -2.07. The van der Waals surface area contributed by atoms with Crippen LogP contribution in [-0.4, -0.2) is 16.6 Å². The number of hydrogen-bond acceptors (Lipinski definition) is 4. The highest BCUT2D eigenvalue weighted by Gasteiger charge is 2.04. The van der Waals surface area contributed by atoms with E-state index in [0.717, 1.165) is 22.2 Å². The Hall–Kier alpha value is -1.62. The van der Waals surface area contributed by atoms with Gasteiger partial charge in [0.05, 0.1) is 6.61 Å². The van der Waals surface area contributed by atoms with Crippen LogP contribution in [0.3, 0.4) is 0 Å². The average Bonchev–Trinajstić information content (AvgIpc) is 2.44. The molecule has 1 N–H and O–H groups in total. The largest absolute Gasteiger partial charge is 0.478 e. The molecule has 5 heteroatoms. The first-order chi connectivity index (χ1) is 9.69. The molecule has 1 aromatic carbocycles. The molecule has 1 aromatic heterocycles. The highest BCUT2D eigenvalue weighted by Crippen LogP contribution is 2.18. The van der Waals surface area contributed by atoms with E-state index < -0.39 is 0 Å². The van der Waals surface area contributed by atoms with Gasteiger partial charge in [0.15, 0.2) is 0 Å². The Morgan fingerprint density at radius 1 is 1.25 bits per heavy atom. The summed E-state index contributed by atoms with van der Waals surface area (Å²) in [5, 5.41) is 3.23.